The molecular formula is C16H19NO6. The smallest absolute Gasteiger partial charge is 0.168 e. The van der Waals surface area contributed by atoms with E-state index < -0.39 is 42.9 Å². The van der Waals surface area contributed by atoms with Crippen molar-refractivity contribution in [3.63, 3.8) is 0 Å². The number of ether oxygens (including phenoxy) is 1. The van der Waals surface area contributed by atoms with Crippen LogP contribution in [0.15, 0.2) is 30.5 Å². The number of H-pyrrole nitrogens is 1. The molecule has 1 unspecified atom stereocenters. The molecule has 5 atom stereocenters. The average Bonchev–Trinajstić information content (AvgIpc) is 2.96. The number of hydrogen-bond donors (Lipinski definition) is 5. The van der Waals surface area contributed by atoms with Crippen molar-refractivity contribution < 1.29 is 30.0 Å². The highest BCUT2D eigenvalue weighted by Crippen LogP contribution is 2.24. The molecule has 7 heteroatoms. The molecule has 0 aliphatic carbocycles. The lowest BCUT2D eigenvalue weighted by Crippen LogP contribution is -2.60. The van der Waals surface area contributed by atoms with Gasteiger partial charge in [0.25, 0.3) is 0 Å². The lowest BCUT2D eigenvalue weighted by atomic mass is 9.91. The number of Topliss-reactive ketones (excluding diaryl/α,β-unsaturated/α-hetero) is 1. The van der Waals surface area contributed by atoms with Gasteiger partial charge >= 0.3 is 0 Å². The summed E-state index contributed by atoms with van der Waals surface area (Å²) in [5.74, 6) is -0.424. The quantitative estimate of drug-likeness (QED) is 0.498. The molecule has 1 aliphatic heterocycles. The Morgan fingerprint density at radius 2 is 1.87 bits per heavy atom. The van der Waals surface area contributed by atoms with Crippen LogP contribution in [0.3, 0.4) is 0 Å². The van der Waals surface area contributed by atoms with Crippen LogP contribution in [0.25, 0.3) is 10.9 Å². The van der Waals surface area contributed by atoms with Crippen molar-refractivity contribution in [2.45, 2.75) is 36.9 Å². The van der Waals surface area contributed by atoms with E-state index in [1.807, 2.05) is 24.3 Å². The Labute approximate surface area is 132 Å². The lowest BCUT2D eigenvalue weighted by molar-refractivity contribution is -0.225. The van der Waals surface area contributed by atoms with E-state index in [9.17, 15) is 20.1 Å². The standard InChI is InChI=1S/C16H19NO6/c18-7-12-13(20)14(21)15(22)16(23-12)11(19)5-8-6-17-10-4-2-1-3-9(8)10/h1-4,6,12-18,20-22H,5,7H2/t12-,13-,14+,15-,16?/m1/s1. The van der Waals surface area contributed by atoms with E-state index in [2.05, 4.69) is 4.98 Å². The third-order valence-electron chi connectivity index (χ3n) is 4.25. The summed E-state index contributed by atoms with van der Waals surface area (Å²) in [7, 11) is 0. The van der Waals surface area contributed by atoms with Crippen molar-refractivity contribution in [2.24, 2.45) is 0 Å². The van der Waals surface area contributed by atoms with Crippen molar-refractivity contribution in [3.05, 3.63) is 36.0 Å². The number of para-hydroxylation sites is 1. The minimum Gasteiger partial charge on any atom is -0.394 e. The van der Waals surface area contributed by atoms with Gasteiger partial charge in [0.2, 0.25) is 0 Å². The molecule has 1 aromatic heterocycles. The zero-order valence-corrected chi connectivity index (χ0v) is 12.3. The van der Waals surface area contributed by atoms with E-state index in [1.165, 1.54) is 0 Å². The highest BCUT2D eigenvalue weighted by molar-refractivity contribution is 5.92. The Bertz CT molecular complexity index is 697. The second-order valence-corrected chi connectivity index (χ2v) is 5.75. The maximum absolute atomic E-state index is 12.5. The highest BCUT2D eigenvalue weighted by atomic mass is 16.5. The Morgan fingerprint density at radius 3 is 2.61 bits per heavy atom. The largest absolute Gasteiger partial charge is 0.394 e. The monoisotopic (exact) mass is 321 g/mol. The van der Waals surface area contributed by atoms with Gasteiger partial charge in [0, 0.05) is 23.5 Å². The van der Waals surface area contributed by atoms with Gasteiger partial charge < -0.3 is 30.1 Å². The molecule has 5 N–H and O–H groups in total. The summed E-state index contributed by atoms with van der Waals surface area (Å²) in [5, 5.41) is 39.6. The molecule has 1 aromatic carbocycles. The molecule has 2 aromatic rings. The van der Waals surface area contributed by atoms with Crippen molar-refractivity contribution in [3.8, 4) is 0 Å². The molecule has 1 aliphatic rings. The van der Waals surface area contributed by atoms with E-state index in [4.69, 9.17) is 9.84 Å². The van der Waals surface area contributed by atoms with Gasteiger partial charge in [-0.1, -0.05) is 18.2 Å². The summed E-state index contributed by atoms with van der Waals surface area (Å²) >= 11 is 0. The number of aromatic amines is 1. The molecule has 3 rings (SSSR count). The number of benzene rings is 1. The van der Waals surface area contributed by atoms with Gasteiger partial charge in [-0.3, -0.25) is 4.79 Å². The summed E-state index contributed by atoms with van der Waals surface area (Å²) in [6, 6.07) is 7.50. The Balaban J connectivity index is 1.79. The summed E-state index contributed by atoms with van der Waals surface area (Å²) in [5.41, 5.74) is 1.65. The van der Waals surface area contributed by atoms with Crippen LogP contribution in [0, 0.1) is 0 Å². The third-order valence-corrected chi connectivity index (χ3v) is 4.25. The minimum atomic E-state index is -1.54. The topological polar surface area (TPSA) is 123 Å². The van der Waals surface area contributed by atoms with Gasteiger partial charge in [-0.2, -0.15) is 0 Å². The number of aromatic nitrogens is 1. The van der Waals surface area contributed by atoms with Crippen LogP contribution in [0.5, 0.6) is 0 Å². The molecule has 1 saturated heterocycles. The fraction of sp³-hybridized carbons (Fsp3) is 0.438. The Hall–Kier alpha value is -1.77. The molecule has 0 spiro atoms. The first-order valence-corrected chi connectivity index (χ1v) is 7.41. The number of aliphatic hydroxyl groups is 4. The van der Waals surface area contributed by atoms with Crippen LogP contribution in [0.1, 0.15) is 5.56 Å². The maximum Gasteiger partial charge on any atom is 0.168 e. The summed E-state index contributed by atoms with van der Waals surface area (Å²) < 4.78 is 5.28. The fourth-order valence-electron chi connectivity index (χ4n) is 2.93. The van der Waals surface area contributed by atoms with Crippen LogP contribution in [0.2, 0.25) is 0 Å². The molecular weight excluding hydrogens is 302 g/mol. The number of carbonyl (C=O) groups is 1. The van der Waals surface area contributed by atoms with Crippen LogP contribution < -0.4 is 0 Å². The van der Waals surface area contributed by atoms with E-state index in [1.54, 1.807) is 6.20 Å². The lowest BCUT2D eigenvalue weighted by Gasteiger charge is -2.39. The zero-order chi connectivity index (χ0) is 16.6. The van der Waals surface area contributed by atoms with Gasteiger partial charge in [-0.05, 0) is 11.6 Å². The predicted molar refractivity (Wildman–Crippen MR) is 80.8 cm³/mol. The predicted octanol–water partition coefficient (Wildman–Crippen LogP) is -0.878. The van der Waals surface area contributed by atoms with Crippen LogP contribution in [0.4, 0.5) is 0 Å². The molecule has 2 heterocycles. The summed E-state index contributed by atoms with van der Waals surface area (Å²) in [6.07, 6.45) is -5.20. The molecule has 1 fully saturated rings. The van der Waals surface area contributed by atoms with Gasteiger partial charge in [-0.25, -0.2) is 0 Å². The van der Waals surface area contributed by atoms with Gasteiger partial charge in [0.1, 0.15) is 30.5 Å². The number of rotatable bonds is 4. The normalized spacial score (nSPS) is 31.4. The summed E-state index contributed by atoms with van der Waals surface area (Å²) in [6.45, 7) is -0.554. The van der Waals surface area contributed by atoms with Crippen LogP contribution >= 0.6 is 0 Å². The van der Waals surface area contributed by atoms with Crippen molar-refractivity contribution in [1.29, 1.82) is 0 Å². The molecule has 124 valence electrons. The minimum absolute atomic E-state index is 0.00665. The van der Waals surface area contributed by atoms with E-state index in [0.29, 0.717) is 0 Å². The number of hydrogen-bond acceptors (Lipinski definition) is 6. The molecule has 0 radical (unpaired) electrons. The van der Waals surface area contributed by atoms with Gasteiger partial charge in [0.15, 0.2) is 5.78 Å². The molecule has 0 bridgehead atoms. The Morgan fingerprint density at radius 1 is 1.13 bits per heavy atom. The number of carbonyl (C=O) groups excluding carboxylic acids is 1. The van der Waals surface area contributed by atoms with E-state index in [0.717, 1.165) is 16.5 Å². The molecule has 0 saturated carbocycles. The first-order chi connectivity index (χ1) is 11.0. The molecule has 23 heavy (non-hydrogen) atoms. The first-order valence-electron chi connectivity index (χ1n) is 7.41. The van der Waals surface area contributed by atoms with Crippen LogP contribution in [-0.2, 0) is 16.0 Å². The average molecular weight is 321 g/mol. The fourth-order valence-corrected chi connectivity index (χ4v) is 2.93. The van der Waals surface area contributed by atoms with E-state index in [-0.39, 0.29) is 6.42 Å². The van der Waals surface area contributed by atoms with E-state index >= 15 is 0 Å². The van der Waals surface area contributed by atoms with Gasteiger partial charge in [-0.15, -0.1) is 0 Å². The van der Waals surface area contributed by atoms with Crippen molar-refractivity contribution in [1.82, 2.24) is 4.98 Å². The number of nitrogens with one attached hydrogen (secondary N) is 1. The number of aliphatic hydroxyl groups excluding tert-OH is 4. The zero-order valence-electron chi connectivity index (χ0n) is 12.3. The van der Waals surface area contributed by atoms with Gasteiger partial charge in [0.05, 0.1) is 6.61 Å². The Kier molecular flexibility index (Phi) is 4.47. The second-order valence-electron chi connectivity index (χ2n) is 5.75. The third kappa shape index (κ3) is 2.89. The number of ketones is 1. The van der Waals surface area contributed by atoms with Crippen molar-refractivity contribution >= 4 is 16.7 Å². The summed E-state index contributed by atoms with van der Waals surface area (Å²) in [4.78, 5) is 15.5. The van der Waals surface area contributed by atoms with Crippen molar-refractivity contribution in [2.75, 3.05) is 6.61 Å². The van der Waals surface area contributed by atoms with Crippen LogP contribution in [-0.4, -0.2) is 68.3 Å². The SMILES string of the molecule is O=C(Cc1c[nH]c2ccccc12)C1O[C@H](CO)[C@@H](O)[C@H](O)[C@H]1O. The maximum atomic E-state index is 12.5. The molecule has 0 amide bonds. The molecule has 7 nitrogen and oxygen atoms in total. The second kappa shape index (κ2) is 6.38. The number of fused-ring (bicyclic) bond motifs is 1. The highest BCUT2D eigenvalue weighted by Gasteiger charge is 2.46. The first kappa shape index (κ1) is 16.1.